The molecule has 0 aliphatic rings. The molecule has 21 heavy (non-hydrogen) atoms. The molecule has 5 N–H and O–H groups in total. The van der Waals surface area contributed by atoms with E-state index < -0.39 is 11.8 Å². The molecule has 0 aliphatic heterocycles. The Hall–Kier alpha value is -2.74. The summed E-state index contributed by atoms with van der Waals surface area (Å²) in [6.07, 6.45) is 0. The first kappa shape index (κ1) is 14.7. The predicted octanol–water partition coefficient (Wildman–Crippen LogP) is 0.207. The summed E-state index contributed by atoms with van der Waals surface area (Å²) in [4.78, 5) is 27.3. The molecule has 0 spiro atoms. The molecule has 0 aliphatic carbocycles. The number of carbonyl (C=O) groups is 2. The Kier molecular flexibility index (Phi) is 3.99. The third-order valence-electron chi connectivity index (χ3n) is 2.84. The first-order valence-corrected chi connectivity index (χ1v) is 6.35. The van der Waals surface area contributed by atoms with Crippen molar-refractivity contribution in [2.24, 2.45) is 12.8 Å². The Balaban J connectivity index is 2.29. The monoisotopic (exact) mass is 303 g/mol. The second kappa shape index (κ2) is 5.71. The number of rotatable bonds is 3. The lowest BCUT2D eigenvalue weighted by Gasteiger charge is -2.09. The number of primary amides is 1. The highest BCUT2D eigenvalue weighted by atomic mass is 32.1. The van der Waals surface area contributed by atoms with Crippen LogP contribution in [-0.4, -0.2) is 26.4 Å². The number of aromatic nitrogens is 2. The zero-order valence-electron chi connectivity index (χ0n) is 11.2. The number of amides is 2. The summed E-state index contributed by atoms with van der Waals surface area (Å²) >= 11 is 5.15. The maximum absolute atomic E-state index is 12.1. The zero-order valence-corrected chi connectivity index (χ0v) is 12.0. The molecule has 0 saturated carbocycles. The average Bonchev–Trinajstić information content (AvgIpc) is 2.76. The van der Waals surface area contributed by atoms with Crippen LogP contribution in [0.15, 0.2) is 30.3 Å². The fraction of sp³-hybridized carbons (Fsp3) is 0.0769. The van der Waals surface area contributed by atoms with Crippen molar-refractivity contribution in [2.45, 2.75) is 0 Å². The van der Waals surface area contributed by atoms with E-state index in [1.165, 1.54) is 4.57 Å². The molecule has 0 bridgehead atoms. The summed E-state index contributed by atoms with van der Waals surface area (Å²) in [5, 5.41) is 2.53. The maximum Gasteiger partial charge on any atom is 0.269 e. The summed E-state index contributed by atoms with van der Waals surface area (Å²) in [6, 6.07) is 8.54. The summed E-state index contributed by atoms with van der Waals surface area (Å²) in [7, 11) is 1.57. The van der Waals surface area contributed by atoms with Crippen LogP contribution in [0.4, 0.5) is 5.95 Å². The number of benzene rings is 1. The van der Waals surface area contributed by atoms with Gasteiger partial charge in [-0.25, -0.2) is 4.98 Å². The van der Waals surface area contributed by atoms with Crippen LogP contribution >= 0.6 is 12.2 Å². The van der Waals surface area contributed by atoms with E-state index >= 15 is 0 Å². The lowest BCUT2D eigenvalue weighted by atomic mass is 10.2. The first-order chi connectivity index (χ1) is 9.91. The Labute approximate surface area is 125 Å². The number of anilines is 1. The second-order valence-electron chi connectivity index (χ2n) is 4.24. The Morgan fingerprint density at radius 3 is 2.48 bits per heavy atom. The molecule has 2 amide bonds. The smallest absolute Gasteiger partial charge is 0.269 e. The number of nitrogens with zero attached hydrogens (tertiary/aromatic N) is 2. The minimum Gasteiger partial charge on any atom is -0.369 e. The molecule has 8 heteroatoms. The number of hydrogen-bond acceptors (Lipinski definition) is 5. The van der Waals surface area contributed by atoms with E-state index in [2.05, 4.69) is 10.3 Å². The normalized spacial score (nSPS) is 10.1. The molecule has 7 nitrogen and oxygen atoms in total. The average molecular weight is 303 g/mol. The number of nitrogen functional groups attached to an aromatic ring is 1. The molecule has 0 radical (unpaired) electrons. The minimum atomic E-state index is -0.770. The Morgan fingerprint density at radius 2 is 1.90 bits per heavy atom. The van der Waals surface area contributed by atoms with Crippen LogP contribution in [0.1, 0.15) is 26.5 Å². The van der Waals surface area contributed by atoms with Gasteiger partial charge < -0.3 is 21.4 Å². The fourth-order valence-electron chi connectivity index (χ4n) is 1.77. The largest absolute Gasteiger partial charge is 0.369 e. The third-order valence-corrected chi connectivity index (χ3v) is 3.14. The third kappa shape index (κ3) is 2.90. The fourth-order valence-corrected chi connectivity index (χ4v) is 2.10. The highest BCUT2D eigenvalue weighted by molar-refractivity contribution is 7.80. The van der Waals surface area contributed by atoms with E-state index in [4.69, 9.17) is 23.7 Å². The van der Waals surface area contributed by atoms with Gasteiger partial charge in [-0.3, -0.25) is 9.59 Å². The van der Waals surface area contributed by atoms with Crippen molar-refractivity contribution in [3.8, 4) is 0 Å². The number of nitrogens with one attached hydrogen (secondary N) is 1. The van der Waals surface area contributed by atoms with Crippen molar-refractivity contribution < 1.29 is 9.59 Å². The van der Waals surface area contributed by atoms with Gasteiger partial charge in [-0.05, 0) is 12.1 Å². The van der Waals surface area contributed by atoms with Gasteiger partial charge in [0, 0.05) is 12.6 Å². The molecular formula is C13H13N5O2S. The van der Waals surface area contributed by atoms with Gasteiger partial charge in [0.25, 0.3) is 11.8 Å². The molecule has 2 aromatic rings. The predicted molar refractivity (Wildman–Crippen MR) is 81.7 cm³/mol. The molecule has 2 rings (SSSR count). The number of imidazole rings is 1. The molecule has 0 saturated heterocycles. The van der Waals surface area contributed by atoms with E-state index in [-0.39, 0.29) is 22.3 Å². The molecule has 0 unspecified atom stereocenters. The standard InChI is InChI=1S/C13H13N5O2S/c1-18-9(8(10(14)19)16-13(18)15)12(21)17-11(20)7-5-3-2-4-6-7/h2-6H,1H3,(H2,14,19)(H2,15,16)(H,17,20,21). The van der Waals surface area contributed by atoms with Crippen molar-refractivity contribution in [3.63, 3.8) is 0 Å². The van der Waals surface area contributed by atoms with Crippen LogP contribution in [-0.2, 0) is 7.05 Å². The lowest BCUT2D eigenvalue weighted by Crippen LogP contribution is -2.32. The minimum absolute atomic E-state index is 0.0318. The van der Waals surface area contributed by atoms with E-state index in [1.807, 2.05) is 0 Å². The number of carbonyl (C=O) groups excluding carboxylic acids is 2. The summed E-state index contributed by atoms with van der Waals surface area (Å²) in [5.74, 6) is -1.08. The number of hydrogen-bond donors (Lipinski definition) is 3. The van der Waals surface area contributed by atoms with Gasteiger partial charge in [0.1, 0.15) is 10.7 Å². The van der Waals surface area contributed by atoms with Crippen LogP contribution in [0.25, 0.3) is 0 Å². The van der Waals surface area contributed by atoms with E-state index in [1.54, 1.807) is 37.4 Å². The van der Waals surface area contributed by atoms with Gasteiger partial charge >= 0.3 is 0 Å². The van der Waals surface area contributed by atoms with Gasteiger partial charge in [-0.15, -0.1) is 0 Å². The maximum atomic E-state index is 12.1. The molecule has 1 aromatic carbocycles. The van der Waals surface area contributed by atoms with Crippen LogP contribution in [0.2, 0.25) is 0 Å². The Bertz CT molecular complexity index is 724. The van der Waals surface area contributed by atoms with Gasteiger partial charge in [0.15, 0.2) is 5.69 Å². The zero-order chi connectivity index (χ0) is 15.6. The molecule has 108 valence electrons. The highest BCUT2D eigenvalue weighted by Crippen LogP contribution is 2.12. The van der Waals surface area contributed by atoms with Crippen molar-refractivity contribution in [2.75, 3.05) is 5.73 Å². The van der Waals surface area contributed by atoms with E-state index in [9.17, 15) is 9.59 Å². The molecular weight excluding hydrogens is 290 g/mol. The van der Waals surface area contributed by atoms with Crippen LogP contribution in [0.5, 0.6) is 0 Å². The van der Waals surface area contributed by atoms with E-state index in [0.717, 1.165) is 0 Å². The molecule has 0 fully saturated rings. The SMILES string of the molecule is Cn1c(N)nc(C(N)=O)c1C(=S)NC(=O)c1ccccc1. The van der Waals surface area contributed by atoms with Gasteiger partial charge in [-0.2, -0.15) is 0 Å². The summed E-state index contributed by atoms with van der Waals surface area (Å²) in [6.45, 7) is 0. The number of thiocarbonyl (C=S) groups is 1. The second-order valence-corrected chi connectivity index (χ2v) is 4.65. The Morgan fingerprint density at radius 1 is 1.29 bits per heavy atom. The van der Waals surface area contributed by atoms with Crippen molar-refractivity contribution in [1.29, 1.82) is 0 Å². The van der Waals surface area contributed by atoms with Crippen LogP contribution in [0, 0.1) is 0 Å². The first-order valence-electron chi connectivity index (χ1n) is 5.94. The quantitative estimate of drug-likeness (QED) is 0.701. The van der Waals surface area contributed by atoms with Crippen LogP contribution in [0.3, 0.4) is 0 Å². The van der Waals surface area contributed by atoms with Crippen molar-refractivity contribution >= 4 is 35.0 Å². The topological polar surface area (TPSA) is 116 Å². The van der Waals surface area contributed by atoms with E-state index in [0.29, 0.717) is 5.56 Å². The number of nitrogens with two attached hydrogens (primary N) is 2. The van der Waals surface area contributed by atoms with Gasteiger partial charge in [0.05, 0.1) is 0 Å². The lowest BCUT2D eigenvalue weighted by molar-refractivity contribution is 0.0972. The molecule has 0 atom stereocenters. The van der Waals surface area contributed by atoms with Gasteiger partial charge in [0.2, 0.25) is 5.95 Å². The molecule has 1 heterocycles. The molecule has 1 aromatic heterocycles. The highest BCUT2D eigenvalue weighted by Gasteiger charge is 2.22. The summed E-state index contributed by atoms with van der Waals surface area (Å²) in [5.41, 5.74) is 11.4. The summed E-state index contributed by atoms with van der Waals surface area (Å²) < 4.78 is 1.40. The van der Waals surface area contributed by atoms with Crippen LogP contribution < -0.4 is 16.8 Å². The van der Waals surface area contributed by atoms with Gasteiger partial charge in [-0.1, -0.05) is 30.4 Å². The van der Waals surface area contributed by atoms with Crippen molar-refractivity contribution in [3.05, 3.63) is 47.3 Å². The van der Waals surface area contributed by atoms with Crippen molar-refractivity contribution in [1.82, 2.24) is 14.9 Å².